The Kier molecular flexibility index (Phi) is 2.38. The summed E-state index contributed by atoms with van der Waals surface area (Å²) in [4.78, 5) is 3.78. The van der Waals surface area contributed by atoms with Crippen molar-refractivity contribution in [2.45, 2.75) is 19.2 Å². The monoisotopic (exact) mass is 230 g/mol. The molecule has 0 spiro atoms. The van der Waals surface area contributed by atoms with Gasteiger partial charge in [-0.1, -0.05) is 6.07 Å². The van der Waals surface area contributed by atoms with Crippen LogP contribution in [0.2, 0.25) is 0 Å². The molecule has 1 atom stereocenters. The van der Waals surface area contributed by atoms with Gasteiger partial charge in [0.15, 0.2) is 0 Å². The molecule has 0 fully saturated rings. The van der Waals surface area contributed by atoms with Gasteiger partial charge in [0, 0.05) is 0 Å². The maximum atomic E-state index is 12.7. The van der Waals surface area contributed by atoms with Crippen molar-refractivity contribution in [2.24, 2.45) is 0 Å². The minimum absolute atomic E-state index is 0.0112. The van der Waals surface area contributed by atoms with Crippen LogP contribution in [0.5, 0.6) is 0 Å². The van der Waals surface area contributed by atoms with E-state index < -0.39 is 18.0 Å². The van der Waals surface area contributed by atoms with Crippen LogP contribution in [-0.4, -0.2) is 14.5 Å². The summed E-state index contributed by atoms with van der Waals surface area (Å²) >= 11 is 0. The fourth-order valence-corrected chi connectivity index (χ4v) is 1.59. The first kappa shape index (κ1) is 10.9. The number of rotatable bonds is 1. The maximum Gasteiger partial charge on any atom is 0.431 e. The van der Waals surface area contributed by atoms with Gasteiger partial charge in [0.25, 0.3) is 0 Å². The second-order valence-electron chi connectivity index (χ2n) is 3.46. The summed E-state index contributed by atoms with van der Waals surface area (Å²) in [5, 5.41) is 9.35. The molecule has 0 saturated carbocycles. The van der Waals surface area contributed by atoms with E-state index in [2.05, 4.69) is 4.98 Å². The van der Waals surface area contributed by atoms with Crippen LogP contribution in [0.1, 0.15) is 24.5 Å². The molecule has 0 radical (unpaired) electrons. The SMILES string of the molecule is CC(O)c1ncc2cccc(C(F)(F)F)n12. The zero-order valence-electron chi connectivity index (χ0n) is 8.36. The lowest BCUT2D eigenvalue weighted by molar-refractivity contribution is -0.142. The number of nitrogens with zero attached hydrogens (tertiary/aromatic N) is 2. The summed E-state index contributed by atoms with van der Waals surface area (Å²) in [6, 6.07) is 3.78. The number of hydrogen-bond donors (Lipinski definition) is 1. The summed E-state index contributed by atoms with van der Waals surface area (Å²) in [5.74, 6) is -0.0112. The summed E-state index contributed by atoms with van der Waals surface area (Å²) in [6.07, 6.45) is -4.22. The Hall–Kier alpha value is -1.56. The lowest BCUT2D eigenvalue weighted by Gasteiger charge is -2.12. The van der Waals surface area contributed by atoms with Crippen molar-refractivity contribution in [2.75, 3.05) is 0 Å². The minimum Gasteiger partial charge on any atom is -0.385 e. The third kappa shape index (κ3) is 1.65. The third-order valence-corrected chi connectivity index (χ3v) is 2.24. The number of fused-ring (bicyclic) bond motifs is 1. The maximum absolute atomic E-state index is 12.7. The van der Waals surface area contributed by atoms with Gasteiger partial charge in [-0.2, -0.15) is 13.2 Å². The van der Waals surface area contributed by atoms with Crippen LogP contribution in [0.25, 0.3) is 5.52 Å². The van der Waals surface area contributed by atoms with Crippen molar-refractivity contribution in [1.82, 2.24) is 9.38 Å². The van der Waals surface area contributed by atoms with Gasteiger partial charge in [0.2, 0.25) is 0 Å². The van der Waals surface area contributed by atoms with Gasteiger partial charge >= 0.3 is 6.18 Å². The number of aliphatic hydroxyl groups is 1. The average molecular weight is 230 g/mol. The molecule has 0 bridgehead atoms. The van der Waals surface area contributed by atoms with Crippen LogP contribution in [0, 0.1) is 0 Å². The lowest BCUT2D eigenvalue weighted by Crippen LogP contribution is -2.14. The summed E-state index contributed by atoms with van der Waals surface area (Å²) in [5.41, 5.74) is -0.524. The van der Waals surface area contributed by atoms with Crippen LogP contribution >= 0.6 is 0 Å². The van der Waals surface area contributed by atoms with E-state index in [0.29, 0.717) is 5.52 Å². The zero-order chi connectivity index (χ0) is 11.9. The Morgan fingerprint density at radius 1 is 1.38 bits per heavy atom. The highest BCUT2D eigenvalue weighted by Crippen LogP contribution is 2.31. The number of alkyl halides is 3. The zero-order valence-corrected chi connectivity index (χ0v) is 8.36. The van der Waals surface area contributed by atoms with Crippen LogP contribution < -0.4 is 0 Å². The molecule has 2 aromatic rings. The molecule has 0 aliphatic heterocycles. The predicted molar refractivity (Wildman–Crippen MR) is 50.8 cm³/mol. The molecule has 16 heavy (non-hydrogen) atoms. The highest BCUT2D eigenvalue weighted by molar-refractivity contribution is 5.48. The molecule has 2 aromatic heterocycles. The molecule has 1 N–H and O–H groups in total. The summed E-state index contributed by atoms with van der Waals surface area (Å²) in [6.45, 7) is 1.38. The second kappa shape index (κ2) is 3.48. The summed E-state index contributed by atoms with van der Waals surface area (Å²) < 4.78 is 39.0. The van der Waals surface area contributed by atoms with Crippen molar-refractivity contribution in [3.05, 3.63) is 35.9 Å². The third-order valence-electron chi connectivity index (χ3n) is 2.24. The molecule has 6 heteroatoms. The quantitative estimate of drug-likeness (QED) is 0.816. The molecule has 2 rings (SSSR count). The van der Waals surface area contributed by atoms with Gasteiger partial charge < -0.3 is 5.11 Å². The fourth-order valence-electron chi connectivity index (χ4n) is 1.59. The van der Waals surface area contributed by atoms with Gasteiger partial charge in [0.1, 0.15) is 17.6 Å². The van der Waals surface area contributed by atoms with Gasteiger partial charge in [-0.25, -0.2) is 4.98 Å². The van der Waals surface area contributed by atoms with Crippen molar-refractivity contribution >= 4 is 5.52 Å². The number of imidazole rings is 1. The minimum atomic E-state index is -4.47. The van der Waals surface area contributed by atoms with Gasteiger partial charge in [-0.05, 0) is 19.1 Å². The Morgan fingerprint density at radius 2 is 2.06 bits per heavy atom. The number of pyridine rings is 1. The topological polar surface area (TPSA) is 37.5 Å². The van der Waals surface area contributed by atoms with Gasteiger partial charge in [0.05, 0.1) is 11.7 Å². The molecule has 0 aromatic carbocycles. The molecule has 1 unspecified atom stereocenters. The molecule has 0 amide bonds. The number of hydrogen-bond acceptors (Lipinski definition) is 2. The first-order valence-corrected chi connectivity index (χ1v) is 4.63. The number of halogens is 3. The van der Waals surface area contributed by atoms with Gasteiger partial charge in [-0.15, -0.1) is 0 Å². The van der Waals surface area contributed by atoms with E-state index >= 15 is 0 Å². The van der Waals surface area contributed by atoms with Crippen LogP contribution in [-0.2, 0) is 6.18 Å². The van der Waals surface area contributed by atoms with E-state index in [1.165, 1.54) is 25.3 Å². The van der Waals surface area contributed by atoms with Crippen LogP contribution in [0.15, 0.2) is 24.4 Å². The van der Waals surface area contributed by atoms with E-state index in [-0.39, 0.29) is 5.82 Å². The molecular weight excluding hydrogens is 221 g/mol. The van der Waals surface area contributed by atoms with E-state index in [9.17, 15) is 18.3 Å². The van der Waals surface area contributed by atoms with E-state index in [0.717, 1.165) is 10.5 Å². The lowest BCUT2D eigenvalue weighted by atomic mass is 10.3. The highest BCUT2D eigenvalue weighted by Gasteiger charge is 2.34. The first-order valence-electron chi connectivity index (χ1n) is 4.63. The van der Waals surface area contributed by atoms with E-state index in [1.54, 1.807) is 0 Å². The summed E-state index contributed by atoms with van der Waals surface area (Å²) in [7, 11) is 0. The Labute approximate surface area is 89.2 Å². The molecule has 0 aliphatic rings. The Morgan fingerprint density at radius 3 is 2.62 bits per heavy atom. The molecular formula is C10H9F3N2O. The Bertz CT molecular complexity index is 516. The van der Waals surface area contributed by atoms with Crippen molar-refractivity contribution in [3.8, 4) is 0 Å². The molecule has 0 aliphatic carbocycles. The van der Waals surface area contributed by atoms with E-state index in [4.69, 9.17) is 0 Å². The van der Waals surface area contributed by atoms with Crippen molar-refractivity contribution in [1.29, 1.82) is 0 Å². The Balaban J connectivity index is 2.79. The molecule has 86 valence electrons. The predicted octanol–water partition coefficient (Wildman–Crippen LogP) is 2.41. The molecule has 2 heterocycles. The molecule has 3 nitrogen and oxygen atoms in total. The van der Waals surface area contributed by atoms with Gasteiger partial charge in [-0.3, -0.25) is 4.40 Å². The van der Waals surface area contributed by atoms with E-state index in [1.807, 2.05) is 0 Å². The highest BCUT2D eigenvalue weighted by atomic mass is 19.4. The number of aromatic nitrogens is 2. The van der Waals surface area contributed by atoms with Crippen LogP contribution in [0.4, 0.5) is 13.2 Å². The second-order valence-corrected chi connectivity index (χ2v) is 3.46. The van der Waals surface area contributed by atoms with Crippen molar-refractivity contribution < 1.29 is 18.3 Å². The number of aliphatic hydroxyl groups excluding tert-OH is 1. The van der Waals surface area contributed by atoms with Crippen LogP contribution in [0.3, 0.4) is 0 Å². The smallest absolute Gasteiger partial charge is 0.385 e. The van der Waals surface area contributed by atoms with Crippen molar-refractivity contribution in [3.63, 3.8) is 0 Å². The fraction of sp³-hybridized carbons (Fsp3) is 0.300. The average Bonchev–Trinajstić information content (AvgIpc) is 2.58. The standard InChI is InChI=1S/C10H9F3N2O/c1-6(16)9-14-5-7-3-2-4-8(15(7)9)10(11,12)13/h2-6,16H,1H3. The largest absolute Gasteiger partial charge is 0.431 e. The first-order chi connectivity index (χ1) is 7.41. The normalized spacial score (nSPS) is 14.3. The molecule has 0 saturated heterocycles.